The van der Waals surface area contributed by atoms with Crippen molar-refractivity contribution in [3.8, 4) is 0 Å². The Morgan fingerprint density at radius 3 is 3.00 bits per heavy atom. The van der Waals surface area contributed by atoms with Crippen molar-refractivity contribution in [2.45, 2.75) is 19.8 Å². The lowest BCUT2D eigenvalue weighted by Crippen LogP contribution is -2.34. The lowest BCUT2D eigenvalue weighted by Gasteiger charge is -2.33. The van der Waals surface area contributed by atoms with Crippen LogP contribution in [0.15, 0.2) is 22.7 Å². The van der Waals surface area contributed by atoms with E-state index in [1.165, 1.54) is 18.5 Å². The van der Waals surface area contributed by atoms with Gasteiger partial charge in [-0.1, -0.05) is 22.9 Å². The van der Waals surface area contributed by atoms with E-state index in [1.54, 1.807) is 0 Å². The predicted octanol–water partition coefficient (Wildman–Crippen LogP) is 3.27. The van der Waals surface area contributed by atoms with Crippen molar-refractivity contribution >= 4 is 27.3 Å². The maximum atomic E-state index is 6.00. The van der Waals surface area contributed by atoms with Gasteiger partial charge >= 0.3 is 0 Å². The van der Waals surface area contributed by atoms with Gasteiger partial charge in [0.05, 0.1) is 11.4 Å². The third-order valence-electron chi connectivity index (χ3n) is 2.99. The van der Waals surface area contributed by atoms with Crippen molar-refractivity contribution in [3.63, 3.8) is 0 Å². The predicted molar refractivity (Wildman–Crippen MR) is 69.2 cm³/mol. The monoisotopic (exact) mass is 268 g/mol. The third kappa shape index (κ3) is 2.46. The van der Waals surface area contributed by atoms with Crippen LogP contribution in [-0.2, 0) is 0 Å². The van der Waals surface area contributed by atoms with Gasteiger partial charge in [0.1, 0.15) is 0 Å². The smallest absolute Gasteiger partial charge is 0.0611 e. The molecular weight excluding hydrogens is 252 g/mol. The van der Waals surface area contributed by atoms with Crippen molar-refractivity contribution in [2.24, 2.45) is 5.92 Å². The molecule has 3 heteroatoms. The van der Waals surface area contributed by atoms with Gasteiger partial charge in [-0.15, -0.1) is 0 Å². The molecule has 0 spiro atoms. The zero-order valence-electron chi connectivity index (χ0n) is 9.04. The molecule has 2 nitrogen and oxygen atoms in total. The summed E-state index contributed by atoms with van der Waals surface area (Å²) in [5.74, 6) is 0.775. The summed E-state index contributed by atoms with van der Waals surface area (Å²) in [6.07, 6.45) is 2.61. The van der Waals surface area contributed by atoms with Crippen molar-refractivity contribution < 1.29 is 0 Å². The summed E-state index contributed by atoms with van der Waals surface area (Å²) in [5, 5.41) is 0. The van der Waals surface area contributed by atoms with Crippen LogP contribution >= 0.6 is 15.9 Å². The Morgan fingerprint density at radius 2 is 2.27 bits per heavy atom. The molecular formula is C12H17BrN2. The molecule has 2 rings (SSSR count). The zero-order valence-corrected chi connectivity index (χ0v) is 10.6. The summed E-state index contributed by atoms with van der Waals surface area (Å²) in [6, 6.07) is 6.08. The average molecular weight is 269 g/mol. The van der Waals surface area contributed by atoms with E-state index >= 15 is 0 Å². The van der Waals surface area contributed by atoms with Crippen molar-refractivity contribution in [1.82, 2.24) is 0 Å². The fourth-order valence-electron chi connectivity index (χ4n) is 2.20. The highest BCUT2D eigenvalue weighted by atomic mass is 79.9. The number of nitrogens with zero attached hydrogens (tertiary/aromatic N) is 1. The molecule has 1 aromatic rings. The van der Waals surface area contributed by atoms with Gasteiger partial charge in [0.2, 0.25) is 0 Å². The molecule has 0 amide bonds. The van der Waals surface area contributed by atoms with Crippen molar-refractivity contribution in [1.29, 1.82) is 0 Å². The van der Waals surface area contributed by atoms with Gasteiger partial charge in [0.25, 0.3) is 0 Å². The molecule has 1 aliphatic rings. The first-order chi connectivity index (χ1) is 7.16. The quantitative estimate of drug-likeness (QED) is 0.793. The van der Waals surface area contributed by atoms with Gasteiger partial charge in [-0.3, -0.25) is 0 Å². The summed E-state index contributed by atoms with van der Waals surface area (Å²) in [7, 11) is 0. The van der Waals surface area contributed by atoms with Crippen LogP contribution in [0.4, 0.5) is 11.4 Å². The molecule has 0 radical (unpaired) electrons. The summed E-state index contributed by atoms with van der Waals surface area (Å²) >= 11 is 3.50. The van der Waals surface area contributed by atoms with Gasteiger partial charge in [0.15, 0.2) is 0 Å². The molecule has 1 aliphatic heterocycles. The lowest BCUT2D eigenvalue weighted by molar-refractivity contribution is 0.447. The van der Waals surface area contributed by atoms with E-state index < -0.39 is 0 Å². The number of halogens is 1. The molecule has 2 N–H and O–H groups in total. The standard InChI is InChI=1S/C12H17BrN2/c1-9-3-2-6-15(8-9)12-7-10(13)4-5-11(12)14/h4-5,7,9H,2-3,6,8,14H2,1H3. The fraction of sp³-hybridized carbons (Fsp3) is 0.500. The Bertz CT molecular complexity index is 351. The second kappa shape index (κ2) is 4.44. The first kappa shape index (κ1) is 10.8. The minimum absolute atomic E-state index is 0.775. The summed E-state index contributed by atoms with van der Waals surface area (Å²) < 4.78 is 1.10. The molecule has 0 saturated carbocycles. The highest BCUT2D eigenvalue weighted by Crippen LogP contribution is 2.30. The maximum Gasteiger partial charge on any atom is 0.0611 e. The fourth-order valence-corrected chi connectivity index (χ4v) is 2.55. The molecule has 1 atom stereocenters. The van der Waals surface area contributed by atoms with E-state index in [1.807, 2.05) is 12.1 Å². The van der Waals surface area contributed by atoms with E-state index in [-0.39, 0.29) is 0 Å². The molecule has 82 valence electrons. The topological polar surface area (TPSA) is 29.3 Å². The maximum absolute atomic E-state index is 6.00. The van der Waals surface area contributed by atoms with Gasteiger partial charge in [0, 0.05) is 17.6 Å². The Morgan fingerprint density at radius 1 is 1.47 bits per heavy atom. The van der Waals surface area contributed by atoms with Gasteiger partial charge in [-0.2, -0.15) is 0 Å². The highest BCUT2D eigenvalue weighted by molar-refractivity contribution is 9.10. The van der Waals surface area contributed by atoms with E-state index in [0.29, 0.717) is 0 Å². The Labute approximate surface area is 99.6 Å². The molecule has 0 aliphatic carbocycles. The van der Waals surface area contributed by atoms with Crippen LogP contribution < -0.4 is 10.6 Å². The van der Waals surface area contributed by atoms with Crippen LogP contribution in [0.2, 0.25) is 0 Å². The third-order valence-corrected chi connectivity index (χ3v) is 3.48. The van der Waals surface area contributed by atoms with Crippen LogP contribution in [0.25, 0.3) is 0 Å². The van der Waals surface area contributed by atoms with Gasteiger partial charge in [-0.25, -0.2) is 0 Å². The second-order valence-electron chi connectivity index (χ2n) is 4.40. The molecule has 1 saturated heterocycles. The van der Waals surface area contributed by atoms with Crippen LogP contribution in [0.3, 0.4) is 0 Å². The number of nitrogen functional groups attached to an aromatic ring is 1. The zero-order chi connectivity index (χ0) is 10.8. The number of rotatable bonds is 1. The number of hydrogen-bond acceptors (Lipinski definition) is 2. The second-order valence-corrected chi connectivity index (χ2v) is 5.31. The lowest BCUT2D eigenvalue weighted by atomic mass is 9.99. The minimum Gasteiger partial charge on any atom is -0.397 e. The van der Waals surface area contributed by atoms with Crippen LogP contribution in [0.5, 0.6) is 0 Å². The highest BCUT2D eigenvalue weighted by Gasteiger charge is 2.18. The number of anilines is 2. The molecule has 0 aromatic heterocycles. The van der Waals surface area contributed by atoms with E-state index in [2.05, 4.69) is 33.8 Å². The number of benzene rings is 1. The molecule has 1 unspecified atom stereocenters. The minimum atomic E-state index is 0.775. The summed E-state index contributed by atoms with van der Waals surface area (Å²) in [4.78, 5) is 2.40. The molecule has 1 fully saturated rings. The van der Waals surface area contributed by atoms with Crippen LogP contribution in [-0.4, -0.2) is 13.1 Å². The number of piperidine rings is 1. The van der Waals surface area contributed by atoms with Gasteiger partial charge in [-0.05, 0) is 37.0 Å². The van der Waals surface area contributed by atoms with E-state index in [4.69, 9.17) is 5.73 Å². The Kier molecular flexibility index (Phi) is 3.19. The van der Waals surface area contributed by atoms with Gasteiger partial charge < -0.3 is 10.6 Å². The van der Waals surface area contributed by atoms with Crippen LogP contribution in [0.1, 0.15) is 19.8 Å². The van der Waals surface area contributed by atoms with Crippen molar-refractivity contribution in [3.05, 3.63) is 22.7 Å². The molecule has 1 heterocycles. The SMILES string of the molecule is CC1CCCN(c2cc(Br)ccc2N)C1. The van der Waals surface area contributed by atoms with E-state index in [0.717, 1.165) is 29.2 Å². The molecule has 0 bridgehead atoms. The van der Waals surface area contributed by atoms with Crippen LogP contribution in [0, 0.1) is 5.92 Å². The molecule has 1 aromatic carbocycles. The largest absolute Gasteiger partial charge is 0.397 e. The molecule has 15 heavy (non-hydrogen) atoms. The Hall–Kier alpha value is -0.700. The Balaban J connectivity index is 2.24. The normalized spacial score (nSPS) is 21.7. The number of hydrogen-bond donors (Lipinski definition) is 1. The summed E-state index contributed by atoms with van der Waals surface area (Å²) in [5.41, 5.74) is 8.06. The summed E-state index contributed by atoms with van der Waals surface area (Å²) in [6.45, 7) is 4.56. The number of nitrogens with two attached hydrogens (primary N) is 1. The first-order valence-corrected chi connectivity index (χ1v) is 6.26. The van der Waals surface area contributed by atoms with Crippen molar-refractivity contribution in [2.75, 3.05) is 23.7 Å². The average Bonchev–Trinajstić information content (AvgIpc) is 2.22. The van der Waals surface area contributed by atoms with E-state index in [9.17, 15) is 0 Å². The first-order valence-electron chi connectivity index (χ1n) is 5.47.